The lowest BCUT2D eigenvalue weighted by Crippen LogP contribution is -2.18. The van der Waals surface area contributed by atoms with Gasteiger partial charge in [-0.05, 0) is 60.1 Å². The lowest BCUT2D eigenvalue weighted by Gasteiger charge is -2.12. The van der Waals surface area contributed by atoms with Crippen LogP contribution in [-0.2, 0) is 4.79 Å². The van der Waals surface area contributed by atoms with Crippen molar-refractivity contribution in [3.8, 4) is 17.2 Å². The Morgan fingerprint density at radius 3 is 2.43 bits per heavy atom. The number of nitrogens with zero attached hydrogens (tertiary/aromatic N) is 1. The lowest BCUT2D eigenvalue weighted by molar-refractivity contribution is -0.139. The average molecular weight is 544 g/mol. The number of carboxylic acids is 1. The fraction of sp³-hybridized carbons (Fsp3) is 0.250. The molecule has 0 atom stereocenters. The Kier molecular flexibility index (Phi) is 9.13. The Hall–Kier alpha value is -2.59. The van der Waals surface area contributed by atoms with Crippen LogP contribution in [0.4, 0.5) is 0 Å². The minimum Gasteiger partial charge on any atom is -0.490 e. The Bertz CT molecular complexity index is 949. The molecular formula is C20H20Br2N2O6. The van der Waals surface area contributed by atoms with Gasteiger partial charge in [-0.2, -0.15) is 5.10 Å². The van der Waals surface area contributed by atoms with Gasteiger partial charge in [0.2, 0.25) is 0 Å². The van der Waals surface area contributed by atoms with E-state index < -0.39 is 18.5 Å². The van der Waals surface area contributed by atoms with E-state index in [4.69, 9.17) is 19.3 Å². The number of rotatable bonds is 10. The monoisotopic (exact) mass is 542 g/mol. The van der Waals surface area contributed by atoms with Crippen LogP contribution in [0.25, 0.3) is 0 Å². The van der Waals surface area contributed by atoms with Crippen LogP contribution >= 0.6 is 31.9 Å². The van der Waals surface area contributed by atoms with Crippen LogP contribution in [0.3, 0.4) is 0 Å². The van der Waals surface area contributed by atoms with Crippen LogP contribution in [-0.4, -0.2) is 43.0 Å². The molecule has 8 nitrogen and oxygen atoms in total. The fourth-order valence-electron chi connectivity index (χ4n) is 2.38. The van der Waals surface area contributed by atoms with E-state index in [1.165, 1.54) is 6.21 Å². The van der Waals surface area contributed by atoms with Crippen molar-refractivity contribution in [3.05, 3.63) is 50.4 Å². The SMILES string of the molecule is CCOc1ccc(C(=O)N/N=C/c2cc(Br)cc(Br)c2OCC(=O)O)cc1OCC. The lowest BCUT2D eigenvalue weighted by atomic mass is 10.2. The smallest absolute Gasteiger partial charge is 0.341 e. The van der Waals surface area contributed by atoms with Gasteiger partial charge in [0.1, 0.15) is 5.75 Å². The van der Waals surface area contributed by atoms with Crippen LogP contribution < -0.4 is 19.6 Å². The van der Waals surface area contributed by atoms with Crippen LogP contribution in [0.5, 0.6) is 17.2 Å². The van der Waals surface area contributed by atoms with Crippen LogP contribution in [0.2, 0.25) is 0 Å². The van der Waals surface area contributed by atoms with Crippen molar-refractivity contribution < 1.29 is 28.9 Å². The average Bonchev–Trinajstić information content (AvgIpc) is 2.68. The molecule has 0 fully saturated rings. The van der Waals surface area contributed by atoms with Crippen molar-refractivity contribution >= 4 is 50.0 Å². The van der Waals surface area contributed by atoms with Gasteiger partial charge in [0.25, 0.3) is 5.91 Å². The zero-order chi connectivity index (χ0) is 22.1. The van der Waals surface area contributed by atoms with Crippen molar-refractivity contribution in [2.24, 2.45) is 5.10 Å². The summed E-state index contributed by atoms with van der Waals surface area (Å²) in [6.07, 6.45) is 1.36. The standard InChI is InChI=1S/C20H20Br2N2O6/c1-3-28-16-6-5-12(8-17(16)29-4-2)20(27)24-23-10-13-7-14(21)9-15(22)19(13)30-11-18(25)26/h5-10H,3-4,11H2,1-2H3,(H,24,27)(H,25,26)/b23-10+. The Morgan fingerprint density at radius 1 is 1.07 bits per heavy atom. The summed E-state index contributed by atoms with van der Waals surface area (Å²) >= 11 is 6.68. The number of benzene rings is 2. The molecule has 0 radical (unpaired) electrons. The second-order valence-corrected chi connectivity index (χ2v) is 7.49. The predicted octanol–water partition coefficient (Wildman–Crippen LogP) is 4.24. The third-order valence-corrected chi connectivity index (χ3v) is 4.60. The van der Waals surface area contributed by atoms with E-state index in [1.807, 2.05) is 13.8 Å². The molecule has 10 heteroatoms. The molecule has 0 unspecified atom stereocenters. The first kappa shape index (κ1) is 23.7. The Labute approximate surface area is 190 Å². The molecule has 2 N–H and O–H groups in total. The summed E-state index contributed by atoms with van der Waals surface area (Å²) in [6, 6.07) is 8.24. The third kappa shape index (κ3) is 6.74. The van der Waals surface area contributed by atoms with E-state index in [1.54, 1.807) is 30.3 Å². The molecule has 0 bridgehead atoms. The molecule has 30 heavy (non-hydrogen) atoms. The highest BCUT2D eigenvalue weighted by molar-refractivity contribution is 9.11. The highest BCUT2D eigenvalue weighted by Crippen LogP contribution is 2.32. The summed E-state index contributed by atoms with van der Waals surface area (Å²) in [6.45, 7) is 4.09. The largest absolute Gasteiger partial charge is 0.490 e. The first-order valence-corrected chi connectivity index (χ1v) is 10.5. The van der Waals surface area contributed by atoms with Crippen molar-refractivity contribution in [3.63, 3.8) is 0 Å². The van der Waals surface area contributed by atoms with Gasteiger partial charge < -0.3 is 19.3 Å². The molecule has 2 aromatic rings. The minimum absolute atomic E-state index is 0.290. The number of amides is 1. The van der Waals surface area contributed by atoms with Gasteiger partial charge in [-0.1, -0.05) is 15.9 Å². The summed E-state index contributed by atoms with van der Waals surface area (Å²) in [5.41, 5.74) is 3.25. The molecule has 2 rings (SSSR count). The van der Waals surface area contributed by atoms with Crippen molar-refractivity contribution in [1.29, 1.82) is 0 Å². The van der Waals surface area contributed by atoms with E-state index in [0.717, 1.165) is 4.47 Å². The van der Waals surface area contributed by atoms with E-state index in [2.05, 4.69) is 42.4 Å². The summed E-state index contributed by atoms with van der Waals surface area (Å²) in [7, 11) is 0. The first-order valence-electron chi connectivity index (χ1n) is 8.92. The Balaban J connectivity index is 2.18. The molecule has 0 saturated heterocycles. The minimum atomic E-state index is -1.11. The molecule has 0 heterocycles. The molecule has 0 aliphatic heterocycles. The number of hydrazone groups is 1. The van der Waals surface area contributed by atoms with Gasteiger partial charge in [0, 0.05) is 15.6 Å². The highest BCUT2D eigenvalue weighted by atomic mass is 79.9. The summed E-state index contributed by atoms with van der Waals surface area (Å²) in [5, 5.41) is 12.8. The van der Waals surface area contributed by atoms with Gasteiger partial charge >= 0.3 is 5.97 Å². The molecule has 2 aromatic carbocycles. The molecular weight excluding hydrogens is 524 g/mol. The number of carbonyl (C=O) groups is 2. The van der Waals surface area contributed by atoms with Gasteiger partial charge in [-0.3, -0.25) is 4.79 Å². The van der Waals surface area contributed by atoms with E-state index in [9.17, 15) is 9.59 Å². The number of halogens is 2. The van der Waals surface area contributed by atoms with Gasteiger partial charge in [0.05, 0.1) is 23.9 Å². The maximum atomic E-state index is 12.4. The second kappa shape index (κ2) is 11.6. The Morgan fingerprint density at radius 2 is 1.77 bits per heavy atom. The van der Waals surface area contributed by atoms with E-state index in [0.29, 0.717) is 46.1 Å². The topological polar surface area (TPSA) is 106 Å². The quantitative estimate of drug-likeness (QED) is 0.343. The number of hydrogen-bond donors (Lipinski definition) is 2. The zero-order valence-electron chi connectivity index (χ0n) is 16.3. The van der Waals surface area contributed by atoms with Crippen molar-refractivity contribution in [2.45, 2.75) is 13.8 Å². The number of carboxylic acid groups (broad SMARTS) is 1. The molecule has 160 valence electrons. The number of ether oxygens (including phenoxy) is 3. The predicted molar refractivity (Wildman–Crippen MR) is 119 cm³/mol. The molecule has 0 aliphatic rings. The van der Waals surface area contributed by atoms with Gasteiger partial charge in [-0.25, -0.2) is 10.2 Å². The second-order valence-electron chi connectivity index (χ2n) is 5.72. The first-order chi connectivity index (χ1) is 14.3. The van der Waals surface area contributed by atoms with Gasteiger partial charge in [0.15, 0.2) is 18.1 Å². The molecule has 0 aromatic heterocycles. The molecule has 0 aliphatic carbocycles. The summed E-state index contributed by atoms with van der Waals surface area (Å²) in [4.78, 5) is 23.2. The summed E-state index contributed by atoms with van der Waals surface area (Å²) < 4.78 is 17.6. The third-order valence-electron chi connectivity index (χ3n) is 3.55. The fourth-order valence-corrected chi connectivity index (χ4v) is 3.75. The van der Waals surface area contributed by atoms with Crippen LogP contribution in [0.15, 0.2) is 44.4 Å². The normalized spacial score (nSPS) is 10.7. The van der Waals surface area contributed by atoms with E-state index in [-0.39, 0.29) is 0 Å². The van der Waals surface area contributed by atoms with Crippen molar-refractivity contribution in [1.82, 2.24) is 5.43 Å². The van der Waals surface area contributed by atoms with Crippen LogP contribution in [0.1, 0.15) is 29.8 Å². The number of carbonyl (C=O) groups excluding carboxylic acids is 1. The molecule has 0 spiro atoms. The molecule has 1 amide bonds. The number of aliphatic carboxylic acids is 1. The maximum Gasteiger partial charge on any atom is 0.341 e. The molecule has 0 saturated carbocycles. The van der Waals surface area contributed by atoms with Gasteiger partial charge in [-0.15, -0.1) is 0 Å². The number of hydrogen-bond acceptors (Lipinski definition) is 6. The maximum absolute atomic E-state index is 12.4. The zero-order valence-corrected chi connectivity index (χ0v) is 19.4. The van der Waals surface area contributed by atoms with E-state index >= 15 is 0 Å². The van der Waals surface area contributed by atoms with Crippen LogP contribution in [0, 0.1) is 0 Å². The van der Waals surface area contributed by atoms with Crippen molar-refractivity contribution in [2.75, 3.05) is 19.8 Å². The summed E-state index contributed by atoms with van der Waals surface area (Å²) in [5.74, 6) is -0.243. The number of nitrogens with one attached hydrogen (secondary N) is 1. The highest BCUT2D eigenvalue weighted by Gasteiger charge is 2.13.